The molecule has 1 fully saturated rings. The molecule has 1 unspecified atom stereocenters. The Morgan fingerprint density at radius 2 is 1.95 bits per heavy atom. The third-order valence-corrected chi connectivity index (χ3v) is 3.46. The maximum atomic E-state index is 11.8. The number of hydrogen-bond acceptors (Lipinski definition) is 5. The number of esters is 1. The van der Waals surface area contributed by atoms with Gasteiger partial charge in [-0.1, -0.05) is 12.8 Å². The van der Waals surface area contributed by atoms with Gasteiger partial charge in [0.15, 0.2) is 0 Å². The SMILES string of the molecule is COC(=O)CN(C1CCCC1)C(C)C(=O)NC(N)=O. The second kappa shape index (κ2) is 7.08. The molecule has 3 amide bonds. The van der Waals surface area contributed by atoms with Crippen LogP contribution in [0.15, 0.2) is 0 Å². The Bertz CT molecular complexity index is 353. The molecule has 1 rings (SSSR count). The van der Waals surface area contributed by atoms with E-state index in [9.17, 15) is 14.4 Å². The van der Waals surface area contributed by atoms with E-state index in [1.807, 2.05) is 5.32 Å². The molecule has 0 spiro atoms. The lowest BCUT2D eigenvalue weighted by Gasteiger charge is -2.32. The van der Waals surface area contributed by atoms with Crippen molar-refractivity contribution in [3.8, 4) is 0 Å². The van der Waals surface area contributed by atoms with Gasteiger partial charge in [0, 0.05) is 6.04 Å². The summed E-state index contributed by atoms with van der Waals surface area (Å²) in [7, 11) is 1.31. The number of ether oxygens (including phenoxy) is 1. The number of amides is 3. The fourth-order valence-electron chi connectivity index (χ4n) is 2.41. The Kier molecular flexibility index (Phi) is 5.75. The summed E-state index contributed by atoms with van der Waals surface area (Å²) < 4.78 is 4.65. The third kappa shape index (κ3) is 4.51. The van der Waals surface area contributed by atoms with Gasteiger partial charge in [-0.05, 0) is 19.8 Å². The van der Waals surface area contributed by atoms with Gasteiger partial charge >= 0.3 is 12.0 Å². The van der Waals surface area contributed by atoms with Gasteiger partial charge in [0.25, 0.3) is 0 Å². The van der Waals surface area contributed by atoms with Gasteiger partial charge in [-0.2, -0.15) is 0 Å². The summed E-state index contributed by atoms with van der Waals surface area (Å²) >= 11 is 0. The first-order valence-corrected chi connectivity index (χ1v) is 6.38. The third-order valence-electron chi connectivity index (χ3n) is 3.46. The van der Waals surface area contributed by atoms with Crippen LogP contribution in [-0.2, 0) is 14.3 Å². The molecule has 0 aromatic heterocycles. The molecular weight excluding hydrogens is 250 g/mol. The van der Waals surface area contributed by atoms with Crippen LogP contribution >= 0.6 is 0 Å². The predicted molar refractivity (Wildman–Crippen MR) is 68.2 cm³/mol. The standard InChI is InChI=1S/C12H21N3O4/c1-8(11(17)14-12(13)18)15(7-10(16)19-2)9-5-3-4-6-9/h8-9H,3-7H2,1-2H3,(H3,13,14,17,18). The van der Waals surface area contributed by atoms with Crippen LogP contribution in [-0.4, -0.2) is 48.5 Å². The lowest BCUT2D eigenvalue weighted by Crippen LogP contribution is -2.52. The van der Waals surface area contributed by atoms with E-state index in [1.165, 1.54) is 7.11 Å². The highest BCUT2D eigenvalue weighted by molar-refractivity contribution is 5.96. The van der Waals surface area contributed by atoms with Gasteiger partial charge in [0.05, 0.1) is 19.7 Å². The lowest BCUT2D eigenvalue weighted by atomic mass is 10.1. The molecule has 1 saturated carbocycles. The van der Waals surface area contributed by atoms with Crippen LogP contribution in [0.1, 0.15) is 32.6 Å². The summed E-state index contributed by atoms with van der Waals surface area (Å²) in [6, 6.07) is -1.33. The minimum absolute atomic E-state index is 0.0362. The minimum atomic E-state index is -0.888. The Labute approximate surface area is 112 Å². The molecular formula is C12H21N3O4. The number of primary amides is 1. The molecule has 3 N–H and O–H groups in total. The topological polar surface area (TPSA) is 102 Å². The fourth-order valence-corrected chi connectivity index (χ4v) is 2.41. The predicted octanol–water partition coefficient (Wildman–Crippen LogP) is -0.0126. The van der Waals surface area contributed by atoms with Crippen molar-refractivity contribution in [3.05, 3.63) is 0 Å². The van der Waals surface area contributed by atoms with Gasteiger partial charge < -0.3 is 10.5 Å². The zero-order valence-corrected chi connectivity index (χ0v) is 11.3. The summed E-state index contributed by atoms with van der Waals surface area (Å²) in [5.41, 5.74) is 4.93. The number of carbonyl (C=O) groups excluding carboxylic acids is 3. The summed E-state index contributed by atoms with van der Waals surface area (Å²) in [5.74, 6) is -0.895. The Balaban J connectivity index is 2.73. The van der Waals surface area contributed by atoms with E-state index in [1.54, 1.807) is 11.8 Å². The van der Waals surface area contributed by atoms with E-state index in [4.69, 9.17) is 5.73 Å². The van der Waals surface area contributed by atoms with Crippen LogP contribution < -0.4 is 11.1 Å². The zero-order valence-electron chi connectivity index (χ0n) is 11.3. The lowest BCUT2D eigenvalue weighted by molar-refractivity contribution is -0.144. The highest BCUT2D eigenvalue weighted by Gasteiger charge is 2.32. The molecule has 0 radical (unpaired) electrons. The van der Waals surface area contributed by atoms with Gasteiger partial charge in [-0.15, -0.1) is 0 Å². The quantitative estimate of drug-likeness (QED) is 0.685. The molecule has 0 heterocycles. The number of nitrogens with two attached hydrogens (primary N) is 1. The van der Waals surface area contributed by atoms with Crippen molar-refractivity contribution in [1.29, 1.82) is 0 Å². The second-order valence-corrected chi connectivity index (χ2v) is 4.72. The Hall–Kier alpha value is -1.63. The molecule has 1 atom stereocenters. The van der Waals surface area contributed by atoms with Crippen molar-refractivity contribution in [2.45, 2.75) is 44.7 Å². The van der Waals surface area contributed by atoms with Crippen molar-refractivity contribution in [1.82, 2.24) is 10.2 Å². The van der Waals surface area contributed by atoms with E-state index in [0.29, 0.717) is 0 Å². The van der Waals surface area contributed by atoms with Crippen LogP contribution in [0.25, 0.3) is 0 Å². The number of urea groups is 1. The molecule has 108 valence electrons. The van der Waals surface area contributed by atoms with E-state index >= 15 is 0 Å². The van der Waals surface area contributed by atoms with Gasteiger partial charge in [0.2, 0.25) is 5.91 Å². The molecule has 0 aliphatic heterocycles. The molecule has 0 aromatic carbocycles. The molecule has 7 nitrogen and oxygen atoms in total. The van der Waals surface area contributed by atoms with Crippen molar-refractivity contribution < 1.29 is 19.1 Å². The number of methoxy groups -OCH3 is 1. The molecule has 0 aromatic rings. The Morgan fingerprint density at radius 1 is 1.37 bits per heavy atom. The molecule has 0 bridgehead atoms. The zero-order chi connectivity index (χ0) is 14.4. The Morgan fingerprint density at radius 3 is 2.42 bits per heavy atom. The largest absolute Gasteiger partial charge is 0.468 e. The van der Waals surface area contributed by atoms with Gasteiger partial charge in [0.1, 0.15) is 0 Å². The molecule has 7 heteroatoms. The van der Waals surface area contributed by atoms with Crippen LogP contribution in [0.4, 0.5) is 4.79 Å². The normalized spacial score (nSPS) is 17.2. The number of imide groups is 1. The summed E-state index contributed by atoms with van der Waals surface area (Å²) in [4.78, 5) is 35.7. The first-order chi connectivity index (χ1) is 8.95. The van der Waals surface area contributed by atoms with Crippen LogP contribution in [0.5, 0.6) is 0 Å². The van der Waals surface area contributed by atoms with Crippen molar-refractivity contribution in [2.75, 3.05) is 13.7 Å². The molecule has 0 saturated heterocycles. The average Bonchev–Trinajstić information content (AvgIpc) is 2.87. The van der Waals surface area contributed by atoms with Crippen LogP contribution in [0.2, 0.25) is 0 Å². The van der Waals surface area contributed by atoms with E-state index in [0.717, 1.165) is 25.7 Å². The molecule has 1 aliphatic carbocycles. The number of nitrogens with zero attached hydrogens (tertiary/aromatic N) is 1. The number of nitrogens with one attached hydrogen (secondary N) is 1. The summed E-state index contributed by atoms with van der Waals surface area (Å²) in [6.07, 6.45) is 4.02. The van der Waals surface area contributed by atoms with Crippen LogP contribution in [0.3, 0.4) is 0 Å². The highest BCUT2D eigenvalue weighted by atomic mass is 16.5. The summed E-state index contributed by atoms with van der Waals surface area (Å²) in [5, 5.41) is 2.04. The maximum Gasteiger partial charge on any atom is 0.319 e. The molecule has 19 heavy (non-hydrogen) atoms. The van der Waals surface area contributed by atoms with Crippen molar-refractivity contribution >= 4 is 17.9 Å². The number of carbonyl (C=O) groups is 3. The smallest absolute Gasteiger partial charge is 0.319 e. The van der Waals surface area contributed by atoms with Gasteiger partial charge in [-0.25, -0.2) is 4.79 Å². The fraction of sp³-hybridized carbons (Fsp3) is 0.750. The van der Waals surface area contributed by atoms with E-state index in [2.05, 4.69) is 4.74 Å². The summed E-state index contributed by atoms with van der Waals surface area (Å²) in [6.45, 7) is 1.69. The first-order valence-electron chi connectivity index (χ1n) is 6.38. The van der Waals surface area contributed by atoms with E-state index < -0.39 is 23.9 Å². The average molecular weight is 271 g/mol. The van der Waals surface area contributed by atoms with Crippen molar-refractivity contribution in [3.63, 3.8) is 0 Å². The maximum absolute atomic E-state index is 11.8. The monoisotopic (exact) mass is 271 g/mol. The first kappa shape index (κ1) is 15.4. The van der Waals surface area contributed by atoms with E-state index in [-0.39, 0.29) is 12.6 Å². The minimum Gasteiger partial charge on any atom is -0.468 e. The number of hydrogen-bond donors (Lipinski definition) is 2. The second-order valence-electron chi connectivity index (χ2n) is 4.72. The highest BCUT2D eigenvalue weighted by Crippen LogP contribution is 2.25. The molecule has 1 aliphatic rings. The van der Waals surface area contributed by atoms with Gasteiger partial charge in [-0.3, -0.25) is 19.8 Å². The number of rotatable bonds is 5. The van der Waals surface area contributed by atoms with Crippen molar-refractivity contribution in [2.24, 2.45) is 5.73 Å². The van der Waals surface area contributed by atoms with Crippen LogP contribution in [0, 0.1) is 0 Å².